The molecule has 196 valence electrons. The number of anilines is 1. The van der Waals surface area contributed by atoms with Gasteiger partial charge in [0.2, 0.25) is 0 Å². The SMILES string of the molecule is O=C(Nc1ccc(-c2nc(Cc3cc(Cl)ccc3Cl)n[nH]2)cc1)c1cccc(CN2CCS(=O)(=O)CC2)c1. The Balaban J connectivity index is 1.20. The first-order valence-electron chi connectivity index (χ1n) is 12.0. The molecular formula is C27H25Cl2N5O3S. The van der Waals surface area contributed by atoms with Gasteiger partial charge in [-0.05, 0) is 65.7 Å². The van der Waals surface area contributed by atoms with Gasteiger partial charge < -0.3 is 5.32 Å². The first kappa shape index (κ1) is 26.4. The molecule has 1 aliphatic heterocycles. The van der Waals surface area contributed by atoms with E-state index in [1.54, 1.807) is 36.4 Å². The molecule has 2 heterocycles. The summed E-state index contributed by atoms with van der Waals surface area (Å²) in [7, 11) is -2.92. The first-order valence-corrected chi connectivity index (χ1v) is 14.6. The van der Waals surface area contributed by atoms with Crippen molar-refractivity contribution in [2.24, 2.45) is 0 Å². The predicted octanol–water partition coefficient (Wildman–Crippen LogP) is 4.85. The Morgan fingerprint density at radius 2 is 1.76 bits per heavy atom. The number of aromatic amines is 1. The number of sulfone groups is 1. The average Bonchev–Trinajstić information content (AvgIpc) is 3.37. The number of carbonyl (C=O) groups is 1. The molecular weight excluding hydrogens is 545 g/mol. The van der Waals surface area contributed by atoms with Crippen LogP contribution in [0.25, 0.3) is 11.4 Å². The summed E-state index contributed by atoms with van der Waals surface area (Å²) in [5.41, 5.74) is 3.82. The summed E-state index contributed by atoms with van der Waals surface area (Å²) in [6.45, 7) is 1.62. The lowest BCUT2D eigenvalue weighted by Gasteiger charge is -2.26. The number of H-pyrrole nitrogens is 1. The van der Waals surface area contributed by atoms with Gasteiger partial charge in [-0.1, -0.05) is 35.3 Å². The Kier molecular flexibility index (Phi) is 7.80. The summed E-state index contributed by atoms with van der Waals surface area (Å²) in [6.07, 6.45) is 0.444. The Labute approximate surface area is 230 Å². The third-order valence-electron chi connectivity index (χ3n) is 6.34. The molecule has 0 saturated carbocycles. The zero-order valence-corrected chi connectivity index (χ0v) is 22.7. The van der Waals surface area contributed by atoms with Gasteiger partial charge in [0, 0.05) is 52.9 Å². The molecule has 38 heavy (non-hydrogen) atoms. The molecule has 2 N–H and O–H groups in total. The molecule has 1 saturated heterocycles. The fraction of sp³-hybridized carbons (Fsp3) is 0.222. The molecule has 0 spiro atoms. The number of nitrogens with one attached hydrogen (secondary N) is 2. The fourth-order valence-corrected chi connectivity index (χ4v) is 5.90. The minimum atomic E-state index is -2.92. The van der Waals surface area contributed by atoms with Crippen LogP contribution in [0.3, 0.4) is 0 Å². The number of rotatable bonds is 7. The van der Waals surface area contributed by atoms with Crippen LogP contribution < -0.4 is 5.32 Å². The number of nitrogens with zero attached hydrogens (tertiary/aromatic N) is 3. The van der Waals surface area contributed by atoms with Crippen LogP contribution >= 0.6 is 23.2 Å². The highest BCUT2D eigenvalue weighted by Gasteiger charge is 2.21. The van der Waals surface area contributed by atoms with Crippen LogP contribution in [0.15, 0.2) is 66.7 Å². The molecule has 8 nitrogen and oxygen atoms in total. The van der Waals surface area contributed by atoms with E-state index in [0.717, 1.165) is 16.7 Å². The van der Waals surface area contributed by atoms with E-state index in [4.69, 9.17) is 23.2 Å². The van der Waals surface area contributed by atoms with Crippen molar-refractivity contribution < 1.29 is 13.2 Å². The minimum absolute atomic E-state index is 0.175. The summed E-state index contributed by atoms with van der Waals surface area (Å²) in [4.78, 5) is 19.5. The fourth-order valence-electron chi connectivity index (χ4n) is 4.25. The second kappa shape index (κ2) is 11.2. The summed E-state index contributed by atoms with van der Waals surface area (Å²) < 4.78 is 23.3. The van der Waals surface area contributed by atoms with Gasteiger partial charge in [-0.25, -0.2) is 13.4 Å². The summed E-state index contributed by atoms with van der Waals surface area (Å²) in [6, 6.07) is 20.0. The maximum atomic E-state index is 12.9. The van der Waals surface area contributed by atoms with Crippen molar-refractivity contribution in [3.8, 4) is 11.4 Å². The van der Waals surface area contributed by atoms with Crippen LogP contribution in [0.4, 0.5) is 5.69 Å². The second-order valence-corrected chi connectivity index (χ2v) is 12.3. The van der Waals surface area contributed by atoms with Gasteiger partial charge in [0.25, 0.3) is 5.91 Å². The lowest BCUT2D eigenvalue weighted by molar-refractivity contribution is 0.102. The van der Waals surface area contributed by atoms with Crippen molar-refractivity contribution in [3.63, 3.8) is 0 Å². The Bertz CT molecular complexity index is 1560. The standard InChI is InChI=1S/C27H25Cl2N5O3S/c28-22-6-9-24(29)21(15-22)16-25-31-26(33-32-25)19-4-7-23(8-5-19)30-27(35)20-3-1-2-18(14-20)17-34-10-12-38(36,37)13-11-34/h1-9,14-15H,10-13,16-17H2,(H,30,35)(H,31,32,33). The molecule has 0 radical (unpaired) electrons. The van der Waals surface area contributed by atoms with Gasteiger partial charge in [0.15, 0.2) is 21.5 Å². The number of benzene rings is 3. The van der Waals surface area contributed by atoms with E-state index in [1.165, 1.54) is 0 Å². The molecule has 4 aromatic rings. The normalized spacial score (nSPS) is 15.3. The van der Waals surface area contributed by atoms with E-state index in [1.807, 2.05) is 30.3 Å². The van der Waals surface area contributed by atoms with Gasteiger partial charge in [-0.3, -0.25) is 14.8 Å². The van der Waals surface area contributed by atoms with Crippen LogP contribution in [0.2, 0.25) is 10.0 Å². The predicted molar refractivity (Wildman–Crippen MR) is 149 cm³/mol. The Morgan fingerprint density at radius 1 is 1.00 bits per heavy atom. The monoisotopic (exact) mass is 569 g/mol. The molecule has 3 aromatic carbocycles. The molecule has 11 heteroatoms. The van der Waals surface area contributed by atoms with E-state index in [9.17, 15) is 13.2 Å². The van der Waals surface area contributed by atoms with Crippen LogP contribution in [-0.2, 0) is 22.8 Å². The van der Waals surface area contributed by atoms with Gasteiger partial charge in [0.1, 0.15) is 0 Å². The van der Waals surface area contributed by atoms with Crippen LogP contribution in [0.1, 0.15) is 27.3 Å². The van der Waals surface area contributed by atoms with Crippen molar-refractivity contribution in [1.82, 2.24) is 20.1 Å². The number of hydrogen-bond acceptors (Lipinski definition) is 6. The zero-order valence-electron chi connectivity index (χ0n) is 20.3. The molecule has 0 bridgehead atoms. The van der Waals surface area contributed by atoms with Gasteiger partial charge in [-0.15, -0.1) is 0 Å². The maximum absolute atomic E-state index is 12.9. The smallest absolute Gasteiger partial charge is 0.255 e. The zero-order chi connectivity index (χ0) is 26.7. The van der Waals surface area contributed by atoms with Gasteiger partial charge in [0.05, 0.1) is 11.5 Å². The number of amides is 1. The van der Waals surface area contributed by atoms with E-state index in [2.05, 4.69) is 25.4 Å². The largest absolute Gasteiger partial charge is 0.322 e. The molecule has 1 amide bonds. The molecule has 5 rings (SSSR count). The van der Waals surface area contributed by atoms with Gasteiger partial charge in [-0.2, -0.15) is 5.10 Å². The van der Waals surface area contributed by atoms with Gasteiger partial charge >= 0.3 is 0 Å². The number of halogens is 2. The maximum Gasteiger partial charge on any atom is 0.255 e. The van der Waals surface area contributed by atoms with Crippen molar-refractivity contribution in [3.05, 3.63) is 99.3 Å². The van der Waals surface area contributed by atoms with Crippen LogP contribution in [0, 0.1) is 0 Å². The van der Waals surface area contributed by atoms with Crippen LogP contribution in [-0.4, -0.2) is 59.0 Å². The Morgan fingerprint density at radius 3 is 2.53 bits per heavy atom. The molecule has 1 aliphatic rings. The molecule has 0 atom stereocenters. The van der Waals surface area contributed by atoms with Crippen molar-refractivity contribution in [2.75, 3.05) is 29.9 Å². The third-order valence-corrected chi connectivity index (χ3v) is 8.55. The second-order valence-electron chi connectivity index (χ2n) is 9.17. The number of hydrogen-bond donors (Lipinski definition) is 2. The molecule has 0 unspecified atom stereocenters. The number of carbonyl (C=O) groups excluding carboxylic acids is 1. The highest BCUT2D eigenvalue weighted by molar-refractivity contribution is 7.91. The lowest BCUT2D eigenvalue weighted by atomic mass is 10.1. The van der Waals surface area contributed by atoms with Crippen LogP contribution in [0.5, 0.6) is 0 Å². The third kappa shape index (κ3) is 6.60. The summed E-state index contributed by atoms with van der Waals surface area (Å²) in [5.74, 6) is 1.33. The summed E-state index contributed by atoms with van der Waals surface area (Å²) in [5, 5.41) is 11.4. The minimum Gasteiger partial charge on any atom is -0.322 e. The van der Waals surface area contributed by atoms with Crippen molar-refractivity contribution >= 4 is 44.6 Å². The number of aromatic nitrogens is 3. The van der Waals surface area contributed by atoms with E-state index >= 15 is 0 Å². The first-order chi connectivity index (χ1) is 18.2. The topological polar surface area (TPSA) is 108 Å². The van der Waals surface area contributed by atoms with Crippen molar-refractivity contribution in [2.45, 2.75) is 13.0 Å². The molecule has 0 aliphatic carbocycles. The summed E-state index contributed by atoms with van der Waals surface area (Å²) >= 11 is 12.3. The lowest BCUT2D eigenvalue weighted by Crippen LogP contribution is -2.39. The quantitative estimate of drug-likeness (QED) is 0.329. The highest BCUT2D eigenvalue weighted by Crippen LogP contribution is 2.24. The van der Waals surface area contributed by atoms with E-state index < -0.39 is 9.84 Å². The molecule has 1 aromatic heterocycles. The highest BCUT2D eigenvalue weighted by atomic mass is 35.5. The van der Waals surface area contributed by atoms with E-state index in [0.29, 0.717) is 59.0 Å². The van der Waals surface area contributed by atoms with E-state index in [-0.39, 0.29) is 17.4 Å². The average molecular weight is 571 g/mol. The van der Waals surface area contributed by atoms with Crippen molar-refractivity contribution in [1.29, 1.82) is 0 Å². The Hall–Kier alpha value is -3.24. The molecule has 1 fully saturated rings.